The molecule has 0 radical (unpaired) electrons. The Morgan fingerprint density at radius 1 is 1.12 bits per heavy atom. The normalized spacial score (nSPS) is 10.4. The van der Waals surface area contributed by atoms with Crippen LogP contribution in [0.25, 0.3) is 0 Å². The van der Waals surface area contributed by atoms with Crippen molar-refractivity contribution in [1.82, 2.24) is 4.57 Å². The Hall–Kier alpha value is -2.03. The molecule has 1 heterocycles. The monoisotopic (exact) mass is 229 g/mol. The van der Waals surface area contributed by atoms with Crippen molar-refractivity contribution in [2.24, 2.45) is 7.05 Å². The van der Waals surface area contributed by atoms with Crippen LogP contribution in [0.5, 0.6) is 0 Å². The molecule has 88 valence electrons. The van der Waals surface area contributed by atoms with Gasteiger partial charge in [0, 0.05) is 12.7 Å². The van der Waals surface area contributed by atoms with Crippen molar-refractivity contribution in [3.05, 3.63) is 59.4 Å². The lowest BCUT2D eigenvalue weighted by Crippen LogP contribution is -2.07. The second-order valence-corrected chi connectivity index (χ2v) is 4.06. The number of carboxylic acid groups (broad SMARTS) is 1. The quantitative estimate of drug-likeness (QED) is 0.875. The van der Waals surface area contributed by atoms with Gasteiger partial charge in [-0.1, -0.05) is 30.3 Å². The summed E-state index contributed by atoms with van der Waals surface area (Å²) in [7, 11) is 1.80. The Labute approximate surface area is 100 Å². The van der Waals surface area contributed by atoms with Crippen LogP contribution >= 0.6 is 0 Å². The summed E-state index contributed by atoms with van der Waals surface area (Å²) in [6, 6.07) is 13.7. The van der Waals surface area contributed by atoms with Crippen LogP contribution in [-0.4, -0.2) is 15.6 Å². The Kier molecular flexibility index (Phi) is 3.28. The second-order valence-electron chi connectivity index (χ2n) is 4.06. The highest BCUT2D eigenvalue weighted by atomic mass is 16.4. The van der Waals surface area contributed by atoms with Crippen LogP contribution < -0.4 is 0 Å². The van der Waals surface area contributed by atoms with Crippen molar-refractivity contribution in [3.63, 3.8) is 0 Å². The summed E-state index contributed by atoms with van der Waals surface area (Å²) in [5.74, 6) is -0.876. The molecule has 1 aromatic carbocycles. The van der Waals surface area contributed by atoms with Crippen LogP contribution in [0, 0.1) is 0 Å². The molecule has 1 N–H and O–H groups in total. The first-order valence-corrected chi connectivity index (χ1v) is 5.60. The van der Waals surface area contributed by atoms with E-state index in [0.717, 1.165) is 18.5 Å². The molecule has 3 heteroatoms. The van der Waals surface area contributed by atoms with E-state index in [9.17, 15) is 4.79 Å². The van der Waals surface area contributed by atoms with Gasteiger partial charge in [0.05, 0.1) is 0 Å². The van der Waals surface area contributed by atoms with Crippen molar-refractivity contribution in [1.29, 1.82) is 0 Å². The lowest BCUT2D eigenvalue weighted by molar-refractivity contribution is 0.0686. The highest BCUT2D eigenvalue weighted by Crippen LogP contribution is 2.11. The van der Waals surface area contributed by atoms with Gasteiger partial charge in [0.1, 0.15) is 5.69 Å². The lowest BCUT2D eigenvalue weighted by atomic mass is 10.1. The van der Waals surface area contributed by atoms with Gasteiger partial charge in [-0.25, -0.2) is 4.79 Å². The van der Waals surface area contributed by atoms with E-state index in [1.165, 1.54) is 5.56 Å². The summed E-state index contributed by atoms with van der Waals surface area (Å²) in [4.78, 5) is 10.9. The van der Waals surface area contributed by atoms with Gasteiger partial charge in [0.25, 0.3) is 0 Å². The first-order valence-electron chi connectivity index (χ1n) is 5.60. The number of benzene rings is 1. The fraction of sp³-hybridized carbons (Fsp3) is 0.214. The van der Waals surface area contributed by atoms with Crippen molar-refractivity contribution in [3.8, 4) is 0 Å². The van der Waals surface area contributed by atoms with E-state index >= 15 is 0 Å². The predicted octanol–water partition coefficient (Wildman–Crippen LogP) is 2.51. The van der Waals surface area contributed by atoms with Crippen LogP contribution in [0.2, 0.25) is 0 Å². The molecule has 2 rings (SSSR count). The van der Waals surface area contributed by atoms with Gasteiger partial charge in [-0.15, -0.1) is 0 Å². The number of carbonyl (C=O) groups is 1. The fourth-order valence-electron chi connectivity index (χ4n) is 1.94. The third-order valence-corrected chi connectivity index (χ3v) is 2.96. The zero-order valence-corrected chi connectivity index (χ0v) is 9.76. The minimum atomic E-state index is -0.876. The summed E-state index contributed by atoms with van der Waals surface area (Å²) in [6.07, 6.45) is 1.78. The Morgan fingerprint density at radius 2 is 1.82 bits per heavy atom. The van der Waals surface area contributed by atoms with Gasteiger partial charge in [-0.05, 0) is 30.5 Å². The smallest absolute Gasteiger partial charge is 0.352 e. The largest absolute Gasteiger partial charge is 0.477 e. The molecule has 0 fully saturated rings. The van der Waals surface area contributed by atoms with E-state index in [1.807, 2.05) is 24.3 Å². The van der Waals surface area contributed by atoms with Crippen molar-refractivity contribution in [2.45, 2.75) is 12.8 Å². The molecule has 3 nitrogen and oxygen atoms in total. The van der Waals surface area contributed by atoms with Crippen molar-refractivity contribution >= 4 is 5.97 Å². The molecule has 0 aliphatic carbocycles. The highest BCUT2D eigenvalue weighted by Gasteiger charge is 2.10. The molecule has 1 aromatic heterocycles. The number of carboxylic acids is 1. The number of aromatic nitrogens is 1. The van der Waals surface area contributed by atoms with Gasteiger partial charge >= 0.3 is 5.97 Å². The average Bonchev–Trinajstić information content (AvgIpc) is 2.69. The molecule has 0 amide bonds. The molecule has 0 bridgehead atoms. The van der Waals surface area contributed by atoms with Gasteiger partial charge in [0.15, 0.2) is 0 Å². The zero-order chi connectivity index (χ0) is 12.3. The van der Waals surface area contributed by atoms with E-state index < -0.39 is 5.97 Å². The van der Waals surface area contributed by atoms with E-state index in [2.05, 4.69) is 12.1 Å². The summed E-state index contributed by atoms with van der Waals surface area (Å²) in [6.45, 7) is 0. The van der Waals surface area contributed by atoms with Gasteiger partial charge < -0.3 is 9.67 Å². The maximum absolute atomic E-state index is 10.9. The fourth-order valence-corrected chi connectivity index (χ4v) is 1.94. The SMILES string of the molecule is Cn1c(CCc2ccccc2)ccc1C(=O)O. The van der Waals surface area contributed by atoms with Gasteiger partial charge in [0.2, 0.25) is 0 Å². The van der Waals surface area contributed by atoms with Crippen LogP contribution in [0.15, 0.2) is 42.5 Å². The molecular weight excluding hydrogens is 214 g/mol. The number of aromatic carboxylic acids is 1. The molecular formula is C14H15NO2. The molecule has 17 heavy (non-hydrogen) atoms. The third kappa shape index (κ3) is 2.56. The summed E-state index contributed by atoms with van der Waals surface area (Å²) in [5.41, 5.74) is 2.66. The molecule has 0 unspecified atom stereocenters. The third-order valence-electron chi connectivity index (χ3n) is 2.96. The summed E-state index contributed by atoms with van der Waals surface area (Å²) in [5, 5.41) is 8.94. The number of rotatable bonds is 4. The Morgan fingerprint density at radius 3 is 2.41 bits per heavy atom. The minimum absolute atomic E-state index is 0.341. The van der Waals surface area contributed by atoms with E-state index in [0.29, 0.717) is 5.69 Å². The standard InChI is InChI=1S/C14H15NO2/c1-15-12(9-10-13(15)14(16)17)8-7-11-5-3-2-4-6-11/h2-6,9-10H,7-8H2,1H3,(H,16,17). The van der Waals surface area contributed by atoms with Crippen molar-refractivity contribution < 1.29 is 9.90 Å². The van der Waals surface area contributed by atoms with Crippen LogP contribution in [0.1, 0.15) is 21.7 Å². The second kappa shape index (κ2) is 4.87. The summed E-state index contributed by atoms with van der Waals surface area (Å²) < 4.78 is 1.74. The first kappa shape index (κ1) is 11.5. The Balaban J connectivity index is 2.07. The molecule has 0 aliphatic heterocycles. The molecule has 0 atom stereocenters. The Bertz CT molecular complexity index is 514. The van der Waals surface area contributed by atoms with Crippen molar-refractivity contribution in [2.75, 3.05) is 0 Å². The molecule has 0 aliphatic rings. The molecule has 0 spiro atoms. The lowest BCUT2D eigenvalue weighted by Gasteiger charge is -2.05. The molecule has 2 aromatic rings. The van der Waals surface area contributed by atoms with E-state index in [-0.39, 0.29) is 0 Å². The minimum Gasteiger partial charge on any atom is -0.477 e. The van der Waals surface area contributed by atoms with Crippen LogP contribution in [-0.2, 0) is 19.9 Å². The van der Waals surface area contributed by atoms with Crippen LogP contribution in [0.4, 0.5) is 0 Å². The number of hydrogen-bond donors (Lipinski definition) is 1. The van der Waals surface area contributed by atoms with E-state index in [1.54, 1.807) is 17.7 Å². The van der Waals surface area contributed by atoms with Gasteiger partial charge in [-0.3, -0.25) is 0 Å². The zero-order valence-electron chi connectivity index (χ0n) is 9.76. The van der Waals surface area contributed by atoms with Gasteiger partial charge in [-0.2, -0.15) is 0 Å². The average molecular weight is 229 g/mol. The number of hydrogen-bond acceptors (Lipinski definition) is 1. The van der Waals surface area contributed by atoms with Crippen LogP contribution in [0.3, 0.4) is 0 Å². The maximum Gasteiger partial charge on any atom is 0.352 e. The topological polar surface area (TPSA) is 42.2 Å². The molecule has 0 saturated carbocycles. The first-order chi connectivity index (χ1) is 8.18. The number of nitrogens with zero attached hydrogens (tertiary/aromatic N) is 1. The van der Waals surface area contributed by atoms with E-state index in [4.69, 9.17) is 5.11 Å². The maximum atomic E-state index is 10.9. The number of aryl methyl sites for hydroxylation is 2. The summed E-state index contributed by atoms with van der Waals surface area (Å²) >= 11 is 0. The molecule has 0 saturated heterocycles. The highest BCUT2D eigenvalue weighted by molar-refractivity contribution is 5.86. The predicted molar refractivity (Wildman–Crippen MR) is 66.2 cm³/mol.